The number of benzene rings is 8. The predicted octanol–water partition coefficient (Wildman–Crippen LogP) is 14.2. The topological polar surface area (TPSA) is 225 Å². The van der Waals surface area contributed by atoms with Crippen LogP contribution in [0.15, 0.2) is 184 Å². The van der Waals surface area contributed by atoms with Gasteiger partial charge in [0.05, 0.1) is 83.7 Å². The minimum absolute atomic E-state index is 0.0392. The Kier molecular flexibility index (Phi) is 26.2. The zero-order chi connectivity index (χ0) is 82.1. The number of ether oxygens (including phenoxy) is 4. The molecule has 3 aliphatic rings. The first-order chi connectivity index (χ1) is 55.3. The van der Waals surface area contributed by atoms with Gasteiger partial charge in [0.15, 0.2) is 0 Å². The van der Waals surface area contributed by atoms with Crippen LogP contribution >= 0.6 is 34.8 Å². The van der Waals surface area contributed by atoms with Gasteiger partial charge < -0.3 is 62.0 Å². The van der Waals surface area contributed by atoms with Gasteiger partial charge in [-0.15, -0.1) is 0 Å². The van der Waals surface area contributed by atoms with E-state index in [2.05, 4.69) is 0 Å². The molecule has 0 radical (unpaired) electrons. The number of carbonyl (C=O) groups is 6. The van der Waals surface area contributed by atoms with Crippen LogP contribution in [0.3, 0.4) is 0 Å². The number of pyridine rings is 3. The fourth-order valence-corrected chi connectivity index (χ4v) is 15.1. The molecule has 0 saturated carbocycles. The molecule has 27 heteroatoms. The number of carbonyl (C=O) groups excluding carboxylic acids is 6. The highest BCUT2D eigenvalue weighted by molar-refractivity contribution is 6.42. The molecule has 3 aromatic heterocycles. The first-order valence-electron chi connectivity index (χ1n) is 37.7. The molecule has 596 valence electrons. The normalized spacial score (nSPS) is 13.6. The van der Waals surface area contributed by atoms with Crippen molar-refractivity contribution in [1.82, 2.24) is 28.4 Å². The zero-order valence-corrected chi connectivity index (χ0v) is 67.2. The Morgan fingerprint density at radius 2 is 0.713 bits per heavy atom. The summed E-state index contributed by atoms with van der Waals surface area (Å²) in [6, 6.07) is 47.7. The number of nitrogens with zero attached hydrogens (tertiary/aromatic N) is 9. The van der Waals surface area contributed by atoms with Gasteiger partial charge in [0, 0.05) is 123 Å². The summed E-state index contributed by atoms with van der Waals surface area (Å²) >= 11 is 18.1. The highest BCUT2D eigenvalue weighted by Crippen LogP contribution is 2.37. The number of aryl methyl sites for hydroxylation is 4. The molecule has 0 aliphatic carbocycles. The van der Waals surface area contributed by atoms with Gasteiger partial charge in [0.2, 0.25) is 0 Å². The quantitative estimate of drug-likeness (QED) is 0.0610. The Morgan fingerprint density at radius 1 is 0.383 bits per heavy atom. The van der Waals surface area contributed by atoms with Crippen LogP contribution in [0.4, 0.5) is 25.8 Å². The number of fused-ring (bicyclic) bond motifs is 3. The lowest BCUT2D eigenvalue weighted by Crippen LogP contribution is -2.49. The van der Waals surface area contributed by atoms with Crippen molar-refractivity contribution < 1.29 is 56.5 Å². The van der Waals surface area contributed by atoms with E-state index in [1.807, 2.05) is 90.1 Å². The van der Waals surface area contributed by atoms with E-state index >= 15 is 0 Å². The Labute approximate surface area is 677 Å². The second-order valence-electron chi connectivity index (χ2n) is 28.0. The first-order valence-corrected chi connectivity index (χ1v) is 38.9. The molecule has 11 aromatic rings. The van der Waals surface area contributed by atoms with Gasteiger partial charge in [0.1, 0.15) is 34.1 Å². The van der Waals surface area contributed by atoms with E-state index in [4.69, 9.17) is 53.8 Å². The summed E-state index contributed by atoms with van der Waals surface area (Å²) in [5, 5.41) is 3.51. The zero-order valence-electron chi connectivity index (χ0n) is 64.9. The maximum absolute atomic E-state index is 14.0. The van der Waals surface area contributed by atoms with E-state index in [0.29, 0.717) is 150 Å². The molecule has 3 fully saturated rings. The molecule has 0 N–H and O–H groups in total. The number of piperazine rings is 3. The molecule has 3 saturated heterocycles. The smallest absolute Gasteiger partial charge is 0.345 e. The van der Waals surface area contributed by atoms with Crippen molar-refractivity contribution in [1.29, 1.82) is 0 Å². The van der Waals surface area contributed by atoms with Crippen molar-refractivity contribution in [3.05, 3.63) is 289 Å². The number of aromatic nitrogens is 3. The van der Waals surface area contributed by atoms with Crippen LogP contribution in [0.2, 0.25) is 15.1 Å². The van der Waals surface area contributed by atoms with Gasteiger partial charge in [-0.25, -0.2) is 23.2 Å². The van der Waals surface area contributed by atoms with Crippen LogP contribution in [-0.4, -0.2) is 169 Å². The molecule has 8 aromatic carbocycles. The van der Waals surface area contributed by atoms with Gasteiger partial charge in [-0.3, -0.25) is 28.8 Å². The summed E-state index contributed by atoms with van der Waals surface area (Å²) in [6.07, 6.45) is 0. The number of esters is 3. The summed E-state index contributed by atoms with van der Waals surface area (Å²) in [4.78, 5) is 131. The lowest BCUT2D eigenvalue weighted by atomic mass is 10.0. The fraction of sp³-hybridized carbons (Fsp3) is 0.284. The van der Waals surface area contributed by atoms with Gasteiger partial charge in [0.25, 0.3) is 34.4 Å². The van der Waals surface area contributed by atoms with Crippen LogP contribution in [0.5, 0.6) is 5.75 Å². The lowest BCUT2D eigenvalue weighted by molar-refractivity contribution is 0.0514. The fourth-order valence-electron chi connectivity index (χ4n) is 14.7. The molecule has 0 atom stereocenters. The van der Waals surface area contributed by atoms with E-state index < -0.39 is 29.0 Å². The van der Waals surface area contributed by atoms with E-state index in [-0.39, 0.29) is 84.5 Å². The minimum atomic E-state index is -0.710. The van der Waals surface area contributed by atoms with Crippen molar-refractivity contribution in [2.45, 2.75) is 54.6 Å². The van der Waals surface area contributed by atoms with Crippen LogP contribution < -0.4 is 36.1 Å². The maximum Gasteiger partial charge on any atom is 0.345 e. The Hall–Kier alpha value is -11.9. The van der Waals surface area contributed by atoms with Crippen molar-refractivity contribution in [2.75, 3.05) is 120 Å². The van der Waals surface area contributed by atoms with Crippen LogP contribution in [0, 0.1) is 32.4 Å². The van der Waals surface area contributed by atoms with E-state index in [0.717, 1.165) is 43.9 Å². The van der Waals surface area contributed by atoms with Gasteiger partial charge >= 0.3 is 17.9 Å². The molecule has 0 spiro atoms. The molecular formula is C88H86Cl3F2N9O13. The van der Waals surface area contributed by atoms with Crippen molar-refractivity contribution in [3.63, 3.8) is 0 Å². The number of anilines is 3. The second kappa shape index (κ2) is 36.5. The van der Waals surface area contributed by atoms with E-state index in [1.54, 1.807) is 141 Å². The molecule has 14 rings (SSSR count). The summed E-state index contributed by atoms with van der Waals surface area (Å²) in [5.41, 5.74) is 8.16. The van der Waals surface area contributed by atoms with Gasteiger partial charge in [-0.1, -0.05) is 94.0 Å². The largest absolute Gasteiger partial charge is 0.497 e. The van der Waals surface area contributed by atoms with Gasteiger partial charge in [-0.05, 0) is 180 Å². The first kappa shape index (κ1) is 82.6. The van der Waals surface area contributed by atoms with Crippen LogP contribution in [0.1, 0.15) is 111 Å². The predicted molar refractivity (Wildman–Crippen MR) is 444 cm³/mol. The number of hydrogen-bond acceptors (Lipinski definition) is 16. The highest BCUT2D eigenvalue weighted by Gasteiger charge is 2.35. The molecule has 3 amide bonds. The van der Waals surface area contributed by atoms with E-state index in [1.165, 1.54) is 38.0 Å². The summed E-state index contributed by atoms with van der Waals surface area (Å²) in [7, 11) is 3.25. The third-order valence-electron chi connectivity index (χ3n) is 20.5. The van der Waals surface area contributed by atoms with Crippen LogP contribution in [-0.2, 0) is 34.3 Å². The lowest BCUT2D eigenvalue weighted by Gasteiger charge is -2.37. The van der Waals surface area contributed by atoms with Crippen LogP contribution in [0.25, 0.3) is 32.7 Å². The molecule has 22 nitrogen and oxygen atoms in total. The van der Waals surface area contributed by atoms with Crippen molar-refractivity contribution in [3.8, 4) is 5.75 Å². The molecule has 3 aliphatic heterocycles. The summed E-state index contributed by atoms with van der Waals surface area (Å²) in [6.45, 7) is 16.8. The van der Waals surface area contributed by atoms with Gasteiger partial charge in [-0.2, -0.15) is 0 Å². The average molecular weight is 1620 g/mol. The van der Waals surface area contributed by atoms with E-state index in [9.17, 15) is 51.9 Å². The molecule has 0 bridgehead atoms. The number of amides is 3. The maximum atomic E-state index is 14.0. The molecular weight excluding hydrogens is 1540 g/mol. The summed E-state index contributed by atoms with van der Waals surface area (Å²) < 4.78 is 52.8. The Morgan fingerprint density at radius 3 is 1.07 bits per heavy atom. The standard InChI is InChI=1S/C31H28Cl2FN3O4.C31H29ClFN3O4.C26H29N3O5/c1-3-41-31(40)27-28(35-12-14-36(15-13-35)29(38)21-7-10-24(32)25(33)17-21)23-16-19(2)4-11-26(23)37(30(27)39)18-20-5-8-22(34)9-6-20;1-3-40-31(39)27-28(34-14-16-35(17-15-34)29(37)22-7-9-23(32)10-8-22)25-18-20(2)4-13-26(25)36(30(27)38)19-21-5-11-24(33)12-6-21;1-5-34-26(32)22-23(20-16-17(2)6-11-21(20)27(3)25(22)31)28-12-14-29(15-13-28)24(30)18-7-9-19(33-4)10-8-18/h4-11,16-17H,3,12-15,18H2,1-2H3;4-13,18H,3,14-17,19H2,1-2H3;6-11,16H,5,12-15H2,1-4H3. The second-order valence-corrected chi connectivity index (χ2v) is 29.2. The van der Waals surface area contributed by atoms with Crippen molar-refractivity contribution in [2.24, 2.45) is 7.05 Å². The molecule has 115 heavy (non-hydrogen) atoms. The molecule has 0 unspecified atom stereocenters. The SMILES string of the molecule is CCOC(=O)c1c(N2CCN(C(=O)c3ccc(Cl)c(Cl)c3)CC2)c2cc(C)ccc2n(Cc2ccc(F)cc2)c1=O.CCOC(=O)c1c(N2CCN(C(=O)c3ccc(Cl)cc3)CC2)c2cc(C)ccc2n(Cc2ccc(F)cc2)c1=O.CCOC(=O)c1c(N2CCN(C(=O)c3ccc(OC)cc3)CC2)c2cc(C)ccc2n(C)c1=O. The average Bonchev–Trinajstić information content (AvgIpc) is 0.727. The van der Waals surface area contributed by atoms with Crippen molar-refractivity contribution >= 4 is 120 Å². The third kappa shape index (κ3) is 18.2. The number of halogens is 5. The number of hydrogen-bond donors (Lipinski definition) is 0. The molecule has 6 heterocycles. The number of rotatable bonds is 17. The minimum Gasteiger partial charge on any atom is -0.497 e. The highest BCUT2D eigenvalue weighted by atomic mass is 35.5. The monoisotopic (exact) mass is 1620 g/mol. The Balaban J connectivity index is 0.000000160. The number of methoxy groups -OCH3 is 1. The summed E-state index contributed by atoms with van der Waals surface area (Å²) in [5.74, 6) is -2.41. The Bertz CT molecular complexity index is 5720. The third-order valence-corrected chi connectivity index (χ3v) is 21.5.